The van der Waals surface area contributed by atoms with Gasteiger partial charge in [-0.25, -0.2) is 0 Å². The number of rotatable bonds is 4. The van der Waals surface area contributed by atoms with Gasteiger partial charge in [0.05, 0.1) is 24.3 Å². The fourth-order valence-electron chi connectivity index (χ4n) is 2.65. The Morgan fingerprint density at radius 1 is 1.32 bits per heavy atom. The SMILES string of the molecule is CNC1CCC(OCc2ccc(C#N)cc2C)CC1. The van der Waals surface area contributed by atoms with Gasteiger partial charge < -0.3 is 10.1 Å². The maximum atomic E-state index is 8.85. The Morgan fingerprint density at radius 3 is 2.63 bits per heavy atom. The van der Waals surface area contributed by atoms with Crippen molar-refractivity contribution in [2.45, 2.75) is 51.4 Å². The van der Waals surface area contributed by atoms with E-state index in [1.807, 2.05) is 32.2 Å². The molecule has 0 saturated heterocycles. The number of nitrogens with one attached hydrogen (secondary N) is 1. The van der Waals surface area contributed by atoms with E-state index in [1.165, 1.54) is 18.4 Å². The molecule has 1 aromatic rings. The van der Waals surface area contributed by atoms with Gasteiger partial charge in [0.25, 0.3) is 0 Å². The molecule has 1 aliphatic rings. The average Bonchev–Trinajstić information content (AvgIpc) is 2.46. The van der Waals surface area contributed by atoms with Crippen LogP contribution >= 0.6 is 0 Å². The van der Waals surface area contributed by atoms with Crippen LogP contribution in [0.3, 0.4) is 0 Å². The van der Waals surface area contributed by atoms with Crippen molar-refractivity contribution < 1.29 is 4.74 Å². The predicted octanol–water partition coefficient (Wildman–Crippen LogP) is 2.91. The molecule has 0 unspecified atom stereocenters. The van der Waals surface area contributed by atoms with Gasteiger partial charge >= 0.3 is 0 Å². The summed E-state index contributed by atoms with van der Waals surface area (Å²) in [5, 5.41) is 12.2. The van der Waals surface area contributed by atoms with Crippen LogP contribution in [-0.4, -0.2) is 19.2 Å². The zero-order chi connectivity index (χ0) is 13.7. The van der Waals surface area contributed by atoms with Crippen LogP contribution in [-0.2, 0) is 11.3 Å². The van der Waals surface area contributed by atoms with Gasteiger partial charge in [-0.2, -0.15) is 5.26 Å². The average molecular weight is 258 g/mol. The quantitative estimate of drug-likeness (QED) is 0.903. The van der Waals surface area contributed by atoms with E-state index in [9.17, 15) is 0 Å². The molecule has 3 nitrogen and oxygen atoms in total. The van der Waals surface area contributed by atoms with Gasteiger partial charge in [-0.15, -0.1) is 0 Å². The molecule has 0 aliphatic heterocycles. The van der Waals surface area contributed by atoms with Gasteiger partial charge in [0, 0.05) is 6.04 Å². The zero-order valence-corrected chi connectivity index (χ0v) is 11.8. The topological polar surface area (TPSA) is 45.0 Å². The Labute approximate surface area is 115 Å². The van der Waals surface area contributed by atoms with E-state index >= 15 is 0 Å². The lowest BCUT2D eigenvalue weighted by molar-refractivity contribution is 0.0116. The molecule has 0 heterocycles. The van der Waals surface area contributed by atoms with Crippen LogP contribution in [0.25, 0.3) is 0 Å². The summed E-state index contributed by atoms with van der Waals surface area (Å²) in [5.41, 5.74) is 3.05. The van der Waals surface area contributed by atoms with Gasteiger partial charge in [0.15, 0.2) is 0 Å². The van der Waals surface area contributed by atoms with Gasteiger partial charge in [0.1, 0.15) is 0 Å². The number of hydrogen-bond acceptors (Lipinski definition) is 3. The third kappa shape index (κ3) is 3.79. The van der Waals surface area contributed by atoms with Crippen LogP contribution in [0, 0.1) is 18.3 Å². The first-order chi connectivity index (χ1) is 9.22. The molecule has 19 heavy (non-hydrogen) atoms. The summed E-state index contributed by atoms with van der Waals surface area (Å²) in [5.74, 6) is 0. The highest BCUT2D eigenvalue weighted by Gasteiger charge is 2.20. The second kappa shape index (κ2) is 6.70. The fraction of sp³-hybridized carbons (Fsp3) is 0.562. The lowest BCUT2D eigenvalue weighted by Gasteiger charge is -2.28. The summed E-state index contributed by atoms with van der Waals surface area (Å²) in [6, 6.07) is 8.63. The third-order valence-corrected chi connectivity index (χ3v) is 4.03. The second-order valence-corrected chi connectivity index (χ2v) is 5.33. The van der Waals surface area contributed by atoms with Crippen LogP contribution < -0.4 is 5.32 Å². The fourth-order valence-corrected chi connectivity index (χ4v) is 2.65. The number of nitrogens with zero attached hydrogens (tertiary/aromatic N) is 1. The van der Waals surface area contributed by atoms with Crippen molar-refractivity contribution in [2.75, 3.05) is 7.05 Å². The van der Waals surface area contributed by atoms with Crippen molar-refractivity contribution in [3.8, 4) is 6.07 Å². The third-order valence-electron chi connectivity index (χ3n) is 4.03. The summed E-state index contributed by atoms with van der Waals surface area (Å²) in [6.07, 6.45) is 5.07. The van der Waals surface area contributed by atoms with Gasteiger partial charge in [-0.05, 0) is 62.9 Å². The molecule has 0 spiro atoms. The monoisotopic (exact) mass is 258 g/mol. The van der Waals surface area contributed by atoms with Crippen molar-refractivity contribution >= 4 is 0 Å². The highest BCUT2D eigenvalue weighted by Crippen LogP contribution is 2.22. The summed E-state index contributed by atoms with van der Waals surface area (Å²) >= 11 is 0. The Morgan fingerprint density at radius 2 is 2.05 bits per heavy atom. The van der Waals surface area contributed by atoms with Gasteiger partial charge in [0.2, 0.25) is 0 Å². The summed E-state index contributed by atoms with van der Waals surface area (Å²) in [4.78, 5) is 0. The van der Waals surface area contributed by atoms with Crippen LogP contribution in [0.1, 0.15) is 42.4 Å². The Hall–Kier alpha value is -1.37. The van der Waals surface area contributed by atoms with Gasteiger partial charge in [-0.3, -0.25) is 0 Å². The number of aryl methyl sites for hydroxylation is 1. The summed E-state index contributed by atoms with van der Waals surface area (Å²) < 4.78 is 6.01. The second-order valence-electron chi connectivity index (χ2n) is 5.33. The lowest BCUT2D eigenvalue weighted by atomic mass is 9.93. The minimum Gasteiger partial charge on any atom is -0.374 e. The zero-order valence-electron chi connectivity index (χ0n) is 11.8. The molecule has 1 saturated carbocycles. The van der Waals surface area contributed by atoms with Crippen molar-refractivity contribution in [3.63, 3.8) is 0 Å². The number of hydrogen-bond donors (Lipinski definition) is 1. The number of benzene rings is 1. The lowest BCUT2D eigenvalue weighted by Crippen LogP contribution is -2.32. The molecule has 1 aromatic carbocycles. The Balaban J connectivity index is 1.85. The highest BCUT2D eigenvalue weighted by molar-refractivity contribution is 5.37. The minimum atomic E-state index is 0.389. The summed E-state index contributed by atoms with van der Waals surface area (Å²) in [6.45, 7) is 2.70. The van der Waals surface area contributed by atoms with Crippen LogP contribution in [0.4, 0.5) is 0 Å². The normalized spacial score (nSPS) is 23.0. The van der Waals surface area contributed by atoms with E-state index in [0.717, 1.165) is 24.0 Å². The molecule has 3 heteroatoms. The number of nitriles is 1. The standard InChI is InChI=1S/C16H22N2O/c1-12-9-13(10-17)3-4-14(12)11-19-16-7-5-15(18-2)6-8-16/h3-4,9,15-16,18H,5-8,11H2,1-2H3. The first-order valence-electron chi connectivity index (χ1n) is 7.01. The molecule has 1 aliphatic carbocycles. The van der Waals surface area contributed by atoms with Crippen LogP contribution in [0.15, 0.2) is 18.2 Å². The van der Waals surface area contributed by atoms with E-state index in [0.29, 0.717) is 18.8 Å². The molecular weight excluding hydrogens is 236 g/mol. The van der Waals surface area contributed by atoms with Crippen molar-refractivity contribution in [2.24, 2.45) is 0 Å². The molecule has 1 N–H and O–H groups in total. The molecule has 0 aromatic heterocycles. The van der Waals surface area contributed by atoms with E-state index in [2.05, 4.69) is 11.4 Å². The molecule has 2 rings (SSSR count). The maximum absolute atomic E-state index is 8.85. The first-order valence-corrected chi connectivity index (χ1v) is 7.01. The van der Waals surface area contributed by atoms with Crippen LogP contribution in [0.2, 0.25) is 0 Å². The predicted molar refractivity (Wildman–Crippen MR) is 75.8 cm³/mol. The maximum Gasteiger partial charge on any atom is 0.0991 e. The Bertz CT molecular complexity index is 456. The number of ether oxygens (including phenoxy) is 1. The minimum absolute atomic E-state index is 0.389. The van der Waals surface area contributed by atoms with E-state index in [1.54, 1.807) is 0 Å². The summed E-state index contributed by atoms with van der Waals surface area (Å²) in [7, 11) is 2.03. The molecule has 0 bridgehead atoms. The highest BCUT2D eigenvalue weighted by atomic mass is 16.5. The molecule has 0 radical (unpaired) electrons. The van der Waals surface area contributed by atoms with Crippen LogP contribution in [0.5, 0.6) is 0 Å². The first kappa shape index (κ1) is 14.0. The van der Waals surface area contributed by atoms with Gasteiger partial charge in [-0.1, -0.05) is 6.07 Å². The molecule has 0 atom stereocenters. The largest absolute Gasteiger partial charge is 0.374 e. The Kier molecular flexibility index (Phi) is 4.95. The molecular formula is C16H22N2O. The van der Waals surface area contributed by atoms with Crippen molar-refractivity contribution in [3.05, 3.63) is 34.9 Å². The smallest absolute Gasteiger partial charge is 0.0991 e. The molecule has 1 fully saturated rings. The van der Waals surface area contributed by atoms with Crippen molar-refractivity contribution in [1.82, 2.24) is 5.32 Å². The molecule has 0 amide bonds. The van der Waals surface area contributed by atoms with E-state index < -0.39 is 0 Å². The van der Waals surface area contributed by atoms with Crippen molar-refractivity contribution in [1.29, 1.82) is 5.26 Å². The van der Waals surface area contributed by atoms with E-state index in [-0.39, 0.29) is 0 Å². The molecule has 102 valence electrons. The van der Waals surface area contributed by atoms with E-state index in [4.69, 9.17) is 10.00 Å².